The highest BCUT2D eigenvalue weighted by atomic mass is 35.5. The first-order valence-electron chi connectivity index (χ1n) is 7.05. The molecule has 2 fully saturated rings. The van der Waals surface area contributed by atoms with Crippen LogP contribution in [-0.4, -0.2) is 38.9 Å². The third-order valence-corrected chi connectivity index (χ3v) is 6.24. The number of alkyl halides is 3. The van der Waals surface area contributed by atoms with Crippen molar-refractivity contribution in [3.8, 4) is 6.07 Å². The number of hydrogen-bond donors (Lipinski definition) is 1. The fourth-order valence-electron chi connectivity index (χ4n) is 3.18. The Balaban J connectivity index is 0.00000208. The van der Waals surface area contributed by atoms with Gasteiger partial charge in [-0.1, -0.05) is 0 Å². The number of nitrogens with zero attached hydrogens (tertiary/aromatic N) is 2. The average Bonchev–Trinajstić information content (AvgIpc) is 3.07. The van der Waals surface area contributed by atoms with Crippen LogP contribution in [0.15, 0.2) is 23.1 Å². The lowest BCUT2D eigenvalue weighted by atomic mass is 10.0. The molecule has 1 N–H and O–H groups in total. The maximum absolute atomic E-state index is 12.8. The summed E-state index contributed by atoms with van der Waals surface area (Å²) >= 11 is 0. The summed E-state index contributed by atoms with van der Waals surface area (Å²) in [6, 6.07) is 3.82. The Morgan fingerprint density at radius 2 is 1.79 bits per heavy atom. The molecule has 0 aliphatic carbocycles. The first-order valence-corrected chi connectivity index (χ1v) is 8.49. The smallest absolute Gasteiger partial charge is 0.316 e. The van der Waals surface area contributed by atoms with Crippen molar-refractivity contribution in [3.63, 3.8) is 0 Å². The quantitative estimate of drug-likeness (QED) is 0.848. The molecule has 1 aromatic rings. The summed E-state index contributed by atoms with van der Waals surface area (Å²) in [6.07, 6.45) is -4.69. The van der Waals surface area contributed by atoms with Gasteiger partial charge >= 0.3 is 6.18 Å². The van der Waals surface area contributed by atoms with E-state index in [-0.39, 0.29) is 29.1 Å². The molecule has 2 heterocycles. The molecule has 2 aliphatic rings. The van der Waals surface area contributed by atoms with Crippen molar-refractivity contribution >= 4 is 22.4 Å². The SMILES string of the molecule is Cl.N#Cc1cc(S(=O)(=O)N2C[C@H]3CNC[C@H]3C2)ccc1C(F)(F)F. The molecule has 0 unspecified atom stereocenters. The van der Waals surface area contributed by atoms with Gasteiger partial charge in [0.05, 0.1) is 22.1 Å². The van der Waals surface area contributed by atoms with Crippen molar-refractivity contribution in [2.75, 3.05) is 26.2 Å². The third-order valence-electron chi connectivity index (χ3n) is 4.41. The molecule has 0 radical (unpaired) electrons. The number of halogens is 4. The molecule has 0 aromatic heterocycles. The highest BCUT2D eigenvalue weighted by Gasteiger charge is 2.42. The van der Waals surface area contributed by atoms with Crippen molar-refractivity contribution in [3.05, 3.63) is 29.3 Å². The van der Waals surface area contributed by atoms with Crippen molar-refractivity contribution in [2.45, 2.75) is 11.1 Å². The number of fused-ring (bicyclic) bond motifs is 1. The van der Waals surface area contributed by atoms with Gasteiger partial charge in [-0.05, 0) is 43.1 Å². The summed E-state index contributed by atoms with van der Waals surface area (Å²) in [5.41, 5.74) is -1.80. The summed E-state index contributed by atoms with van der Waals surface area (Å²) in [6.45, 7) is 2.19. The van der Waals surface area contributed by atoms with Crippen molar-refractivity contribution < 1.29 is 21.6 Å². The van der Waals surface area contributed by atoms with E-state index >= 15 is 0 Å². The molecule has 132 valence electrons. The van der Waals surface area contributed by atoms with Gasteiger partial charge < -0.3 is 5.32 Å². The van der Waals surface area contributed by atoms with Gasteiger partial charge in [-0.2, -0.15) is 22.7 Å². The van der Waals surface area contributed by atoms with Crippen LogP contribution >= 0.6 is 12.4 Å². The van der Waals surface area contributed by atoms with Crippen LogP contribution in [-0.2, 0) is 16.2 Å². The number of sulfonamides is 1. The molecule has 2 aliphatic heterocycles. The minimum absolute atomic E-state index is 0. The standard InChI is InChI=1S/C14H14F3N3O2S.ClH/c15-14(16,17)13-2-1-12(3-9(13)4-18)23(21,22)20-7-10-5-19-6-11(10)8-20;/h1-3,10-11,19H,5-8H2;1H/t10-,11+;. The molecular formula is C14H15ClF3N3O2S. The lowest BCUT2D eigenvalue weighted by Gasteiger charge is -2.18. The van der Waals surface area contributed by atoms with Crippen LogP contribution < -0.4 is 5.32 Å². The maximum atomic E-state index is 12.8. The molecule has 0 amide bonds. The van der Waals surface area contributed by atoms with Crippen LogP contribution in [0.3, 0.4) is 0 Å². The average molecular weight is 382 g/mol. The molecule has 0 bridgehead atoms. The summed E-state index contributed by atoms with van der Waals surface area (Å²) in [7, 11) is -3.89. The molecule has 24 heavy (non-hydrogen) atoms. The molecular weight excluding hydrogens is 367 g/mol. The van der Waals surface area contributed by atoms with Gasteiger partial charge in [0.2, 0.25) is 10.0 Å². The van der Waals surface area contributed by atoms with E-state index in [1.807, 2.05) is 0 Å². The molecule has 2 saturated heterocycles. The number of hydrogen-bond acceptors (Lipinski definition) is 4. The number of rotatable bonds is 2. The maximum Gasteiger partial charge on any atom is 0.417 e. The molecule has 1 aromatic carbocycles. The van der Waals surface area contributed by atoms with Gasteiger partial charge in [-0.3, -0.25) is 0 Å². The fourth-order valence-corrected chi connectivity index (χ4v) is 4.76. The molecule has 10 heteroatoms. The fraction of sp³-hybridized carbons (Fsp3) is 0.500. The Hall–Kier alpha value is -1.34. The summed E-state index contributed by atoms with van der Waals surface area (Å²) < 4.78 is 64.9. The van der Waals surface area contributed by atoms with E-state index in [1.54, 1.807) is 0 Å². The summed E-state index contributed by atoms with van der Waals surface area (Å²) in [5, 5.41) is 12.1. The van der Waals surface area contributed by atoms with Crippen LogP contribution in [0.4, 0.5) is 13.2 Å². The van der Waals surface area contributed by atoms with Crippen molar-refractivity contribution in [2.24, 2.45) is 11.8 Å². The van der Waals surface area contributed by atoms with Gasteiger partial charge in [-0.15, -0.1) is 12.4 Å². The highest BCUT2D eigenvalue weighted by molar-refractivity contribution is 7.89. The Labute approximate surface area is 143 Å². The largest absolute Gasteiger partial charge is 0.417 e. The van der Waals surface area contributed by atoms with Gasteiger partial charge in [0, 0.05) is 13.1 Å². The van der Waals surface area contributed by atoms with Crippen LogP contribution in [0.2, 0.25) is 0 Å². The summed E-state index contributed by atoms with van der Waals surface area (Å²) in [4.78, 5) is -0.269. The Kier molecular flexibility index (Phi) is 5.16. The predicted octanol–water partition coefficient (Wildman–Crippen LogP) is 1.84. The Morgan fingerprint density at radius 3 is 2.29 bits per heavy atom. The first kappa shape index (κ1) is 19.0. The predicted molar refractivity (Wildman–Crippen MR) is 82.0 cm³/mol. The zero-order valence-electron chi connectivity index (χ0n) is 12.4. The molecule has 0 saturated carbocycles. The van der Waals surface area contributed by atoms with Gasteiger partial charge in [0.15, 0.2) is 0 Å². The van der Waals surface area contributed by atoms with Gasteiger partial charge in [0.1, 0.15) is 0 Å². The van der Waals surface area contributed by atoms with E-state index in [1.165, 1.54) is 10.4 Å². The van der Waals surface area contributed by atoms with E-state index in [9.17, 15) is 21.6 Å². The normalized spacial score (nSPS) is 24.2. The van der Waals surface area contributed by atoms with Crippen LogP contribution in [0, 0.1) is 23.2 Å². The van der Waals surface area contributed by atoms with Crippen LogP contribution in [0.25, 0.3) is 0 Å². The van der Waals surface area contributed by atoms with Gasteiger partial charge in [-0.25, -0.2) is 8.42 Å². The second-order valence-corrected chi connectivity index (χ2v) is 7.76. The lowest BCUT2D eigenvalue weighted by molar-refractivity contribution is -0.137. The molecule has 0 spiro atoms. The topological polar surface area (TPSA) is 73.2 Å². The number of nitriles is 1. The van der Waals surface area contributed by atoms with E-state index < -0.39 is 27.3 Å². The zero-order valence-corrected chi connectivity index (χ0v) is 14.0. The number of benzene rings is 1. The monoisotopic (exact) mass is 381 g/mol. The molecule has 3 rings (SSSR count). The second-order valence-electron chi connectivity index (χ2n) is 5.82. The van der Waals surface area contributed by atoms with E-state index in [0.29, 0.717) is 19.2 Å². The van der Waals surface area contributed by atoms with Gasteiger partial charge in [0.25, 0.3) is 0 Å². The summed E-state index contributed by atoms with van der Waals surface area (Å²) in [5.74, 6) is 0.462. The Bertz CT molecular complexity index is 764. The van der Waals surface area contributed by atoms with E-state index in [4.69, 9.17) is 5.26 Å². The zero-order chi connectivity index (χ0) is 16.8. The Morgan fingerprint density at radius 1 is 1.21 bits per heavy atom. The van der Waals surface area contributed by atoms with Crippen molar-refractivity contribution in [1.82, 2.24) is 9.62 Å². The van der Waals surface area contributed by atoms with E-state index in [0.717, 1.165) is 25.2 Å². The first-order chi connectivity index (χ1) is 10.7. The van der Waals surface area contributed by atoms with Crippen LogP contribution in [0.1, 0.15) is 11.1 Å². The minimum atomic E-state index is -4.69. The third kappa shape index (κ3) is 3.24. The van der Waals surface area contributed by atoms with Crippen molar-refractivity contribution in [1.29, 1.82) is 5.26 Å². The lowest BCUT2D eigenvalue weighted by Crippen LogP contribution is -2.32. The molecule has 5 nitrogen and oxygen atoms in total. The van der Waals surface area contributed by atoms with Crippen LogP contribution in [0.5, 0.6) is 0 Å². The second kappa shape index (κ2) is 6.52. The highest BCUT2D eigenvalue weighted by Crippen LogP contribution is 2.35. The minimum Gasteiger partial charge on any atom is -0.316 e. The molecule has 2 atom stereocenters. The number of nitrogens with one attached hydrogen (secondary N) is 1. The van der Waals surface area contributed by atoms with E-state index in [2.05, 4.69) is 5.32 Å².